The predicted molar refractivity (Wildman–Crippen MR) is 95.7 cm³/mol. The standard InChI is InChI=1S/C20H16N2O4/c1-25-13-7-3-11(4-8-13)15-17-18(22-19(15)23)16(20(24)21-17)12-5-9-14(26-2)10-6-12/h3-10,21,24H,1-2H3. The van der Waals surface area contributed by atoms with Crippen molar-refractivity contribution in [3.8, 4) is 28.5 Å². The Morgan fingerprint density at radius 1 is 0.885 bits per heavy atom. The number of methoxy groups -OCH3 is 2. The number of ether oxygens (including phenoxy) is 2. The van der Waals surface area contributed by atoms with Crippen LogP contribution in [-0.2, 0) is 4.79 Å². The lowest BCUT2D eigenvalue weighted by Crippen LogP contribution is -2.22. The Labute approximate surface area is 149 Å². The van der Waals surface area contributed by atoms with E-state index in [0.29, 0.717) is 38.9 Å². The average molecular weight is 348 g/mol. The molecular formula is C20H16N2O4. The maximum absolute atomic E-state index is 12.5. The molecule has 2 aromatic carbocycles. The summed E-state index contributed by atoms with van der Waals surface area (Å²) in [7, 11) is 3.17. The molecule has 0 spiro atoms. The molecule has 0 radical (unpaired) electrons. The van der Waals surface area contributed by atoms with E-state index in [1.54, 1.807) is 50.6 Å². The Morgan fingerprint density at radius 2 is 1.42 bits per heavy atom. The van der Waals surface area contributed by atoms with Gasteiger partial charge in [0.25, 0.3) is 5.91 Å². The average Bonchev–Trinajstić information content (AvgIpc) is 3.14. The number of hydrogen-bond acceptors (Lipinski definition) is 4. The summed E-state index contributed by atoms with van der Waals surface area (Å²) >= 11 is 0. The number of aromatic amines is 1. The SMILES string of the molecule is COc1ccc(C2=c3[nH]c(O)c(-c4ccc(OC)cc4)c3=NC2=O)cc1. The second kappa shape index (κ2) is 6.07. The highest BCUT2D eigenvalue weighted by Gasteiger charge is 2.24. The lowest BCUT2D eigenvalue weighted by Gasteiger charge is -2.03. The minimum absolute atomic E-state index is 0.0255. The molecule has 0 saturated carbocycles. The number of carbonyl (C=O) groups is 1. The smallest absolute Gasteiger partial charge is 0.280 e. The van der Waals surface area contributed by atoms with Crippen LogP contribution < -0.4 is 20.2 Å². The van der Waals surface area contributed by atoms with E-state index < -0.39 is 0 Å². The van der Waals surface area contributed by atoms with Crippen molar-refractivity contribution in [1.29, 1.82) is 0 Å². The third-order valence-corrected chi connectivity index (χ3v) is 4.39. The van der Waals surface area contributed by atoms with Crippen LogP contribution in [0.4, 0.5) is 0 Å². The molecule has 1 aliphatic rings. The van der Waals surface area contributed by atoms with E-state index in [0.717, 1.165) is 5.56 Å². The zero-order valence-electron chi connectivity index (χ0n) is 14.2. The summed E-state index contributed by atoms with van der Waals surface area (Å²) in [6, 6.07) is 14.4. The quantitative estimate of drug-likeness (QED) is 0.753. The fourth-order valence-electron chi connectivity index (χ4n) is 3.09. The van der Waals surface area contributed by atoms with Crippen molar-refractivity contribution in [1.82, 2.24) is 4.98 Å². The van der Waals surface area contributed by atoms with E-state index >= 15 is 0 Å². The number of H-pyrrole nitrogens is 1. The van der Waals surface area contributed by atoms with Gasteiger partial charge >= 0.3 is 0 Å². The first-order valence-electron chi connectivity index (χ1n) is 7.99. The monoisotopic (exact) mass is 348 g/mol. The van der Waals surface area contributed by atoms with Crippen molar-refractivity contribution >= 4 is 11.5 Å². The third kappa shape index (κ3) is 2.43. The van der Waals surface area contributed by atoms with E-state index in [-0.39, 0.29) is 11.8 Å². The second-order valence-electron chi connectivity index (χ2n) is 5.82. The highest BCUT2D eigenvalue weighted by atomic mass is 16.5. The maximum Gasteiger partial charge on any atom is 0.280 e. The van der Waals surface area contributed by atoms with Crippen LogP contribution in [0.2, 0.25) is 0 Å². The zero-order chi connectivity index (χ0) is 18.3. The van der Waals surface area contributed by atoms with Gasteiger partial charge in [-0.2, -0.15) is 0 Å². The van der Waals surface area contributed by atoms with Crippen molar-refractivity contribution in [3.05, 3.63) is 64.8 Å². The number of fused-ring (bicyclic) bond motifs is 1. The zero-order valence-corrected chi connectivity index (χ0v) is 14.2. The number of aromatic nitrogens is 1. The van der Waals surface area contributed by atoms with Crippen LogP contribution in [0, 0.1) is 0 Å². The van der Waals surface area contributed by atoms with Gasteiger partial charge in [0.2, 0.25) is 0 Å². The van der Waals surface area contributed by atoms with Crippen molar-refractivity contribution in [2.75, 3.05) is 14.2 Å². The van der Waals surface area contributed by atoms with Crippen LogP contribution in [0.5, 0.6) is 17.4 Å². The maximum atomic E-state index is 12.5. The van der Waals surface area contributed by atoms with Gasteiger partial charge in [0.15, 0.2) is 5.88 Å². The number of amides is 1. The molecule has 1 amide bonds. The van der Waals surface area contributed by atoms with Crippen molar-refractivity contribution in [2.45, 2.75) is 0 Å². The molecule has 0 atom stereocenters. The number of aromatic hydroxyl groups is 1. The molecule has 0 unspecified atom stereocenters. The summed E-state index contributed by atoms with van der Waals surface area (Å²) < 4.78 is 10.3. The number of nitrogens with zero attached hydrogens (tertiary/aromatic N) is 1. The molecule has 4 rings (SSSR count). The largest absolute Gasteiger partial charge is 0.497 e. The van der Waals surface area contributed by atoms with Crippen molar-refractivity contribution < 1.29 is 19.4 Å². The molecule has 6 heteroatoms. The summed E-state index contributed by atoms with van der Waals surface area (Å²) in [6.45, 7) is 0. The second-order valence-corrected chi connectivity index (χ2v) is 5.82. The number of hydrogen-bond donors (Lipinski definition) is 2. The van der Waals surface area contributed by atoms with E-state index in [2.05, 4.69) is 9.98 Å². The van der Waals surface area contributed by atoms with Crippen LogP contribution in [0.15, 0.2) is 53.5 Å². The van der Waals surface area contributed by atoms with Crippen LogP contribution in [0.25, 0.3) is 16.7 Å². The molecule has 0 saturated heterocycles. The Hall–Kier alpha value is -3.54. The summed E-state index contributed by atoms with van der Waals surface area (Å²) in [6.07, 6.45) is 0. The molecule has 2 heterocycles. The Kier molecular flexibility index (Phi) is 3.73. The molecule has 0 aliphatic carbocycles. The van der Waals surface area contributed by atoms with E-state index in [4.69, 9.17) is 9.47 Å². The number of rotatable bonds is 4. The lowest BCUT2D eigenvalue weighted by atomic mass is 10.1. The molecule has 130 valence electrons. The van der Waals surface area contributed by atoms with Crippen LogP contribution in [0.1, 0.15) is 5.56 Å². The topological polar surface area (TPSA) is 83.9 Å². The lowest BCUT2D eigenvalue weighted by molar-refractivity contribution is -0.112. The van der Waals surface area contributed by atoms with Gasteiger partial charge in [-0.25, -0.2) is 4.99 Å². The summed E-state index contributed by atoms with van der Waals surface area (Å²) in [5.74, 6) is 1.04. The number of benzene rings is 2. The Bertz CT molecular complexity index is 1110. The molecule has 1 aliphatic heterocycles. The fourth-order valence-corrected chi connectivity index (χ4v) is 3.09. The molecule has 3 aromatic rings. The number of nitrogens with one attached hydrogen (secondary N) is 1. The van der Waals surface area contributed by atoms with Gasteiger partial charge in [-0.1, -0.05) is 24.3 Å². The van der Waals surface area contributed by atoms with Crippen LogP contribution in [-0.4, -0.2) is 30.2 Å². The van der Waals surface area contributed by atoms with Gasteiger partial charge in [-0.15, -0.1) is 0 Å². The van der Waals surface area contributed by atoms with Crippen LogP contribution >= 0.6 is 0 Å². The highest BCUT2D eigenvalue weighted by Crippen LogP contribution is 2.27. The fraction of sp³-hybridized carbons (Fsp3) is 0.100. The predicted octanol–water partition coefficient (Wildman–Crippen LogP) is 1.76. The third-order valence-electron chi connectivity index (χ3n) is 4.39. The minimum Gasteiger partial charge on any atom is -0.497 e. The molecule has 6 nitrogen and oxygen atoms in total. The van der Waals surface area contributed by atoms with Crippen molar-refractivity contribution in [2.24, 2.45) is 4.99 Å². The molecule has 1 aromatic heterocycles. The molecule has 26 heavy (non-hydrogen) atoms. The normalized spacial score (nSPS) is 12.7. The van der Waals surface area contributed by atoms with Gasteiger partial charge in [0, 0.05) is 0 Å². The first-order valence-corrected chi connectivity index (χ1v) is 7.99. The minimum atomic E-state index is -0.342. The van der Waals surface area contributed by atoms with Crippen LogP contribution in [0.3, 0.4) is 0 Å². The highest BCUT2D eigenvalue weighted by molar-refractivity contribution is 6.21. The van der Waals surface area contributed by atoms with E-state index in [9.17, 15) is 9.90 Å². The first kappa shape index (κ1) is 16.0. The summed E-state index contributed by atoms with van der Waals surface area (Å²) in [5.41, 5.74) is 2.38. The Morgan fingerprint density at radius 3 is 1.96 bits per heavy atom. The van der Waals surface area contributed by atoms with E-state index in [1.165, 1.54) is 0 Å². The first-order chi connectivity index (χ1) is 12.6. The summed E-state index contributed by atoms with van der Waals surface area (Å²) in [5, 5.41) is 11.4. The molecular weight excluding hydrogens is 332 g/mol. The van der Waals surface area contributed by atoms with Gasteiger partial charge in [-0.3, -0.25) is 4.79 Å². The molecule has 0 fully saturated rings. The van der Waals surface area contributed by atoms with Gasteiger partial charge in [0.05, 0.1) is 30.7 Å². The van der Waals surface area contributed by atoms with Gasteiger partial charge in [-0.05, 0) is 35.4 Å². The van der Waals surface area contributed by atoms with Gasteiger partial charge in [0.1, 0.15) is 16.9 Å². The Balaban J connectivity index is 1.91. The number of carbonyl (C=O) groups excluding carboxylic acids is 1. The molecule has 2 N–H and O–H groups in total. The van der Waals surface area contributed by atoms with E-state index in [1.807, 2.05) is 12.1 Å². The van der Waals surface area contributed by atoms with Crippen molar-refractivity contribution in [3.63, 3.8) is 0 Å². The summed E-state index contributed by atoms with van der Waals surface area (Å²) in [4.78, 5) is 19.5. The van der Waals surface area contributed by atoms with Gasteiger partial charge < -0.3 is 19.6 Å². The molecule has 0 bridgehead atoms.